The van der Waals surface area contributed by atoms with Crippen molar-refractivity contribution in [3.63, 3.8) is 0 Å². The van der Waals surface area contributed by atoms with Gasteiger partial charge in [-0.3, -0.25) is 4.79 Å². The van der Waals surface area contributed by atoms with Gasteiger partial charge in [0.1, 0.15) is 0 Å². The molecular formula is C15H31NO. The molecule has 1 atom stereocenters. The fourth-order valence-corrected chi connectivity index (χ4v) is 2.28. The summed E-state index contributed by atoms with van der Waals surface area (Å²) in [6.45, 7) is 12.6. The minimum Gasteiger partial charge on any atom is -0.310 e. The number of nitrogens with one attached hydrogen (secondary N) is 1. The van der Waals surface area contributed by atoms with Gasteiger partial charge in [-0.05, 0) is 18.9 Å². The zero-order valence-corrected chi connectivity index (χ0v) is 12.8. The maximum atomic E-state index is 12.4. The predicted molar refractivity (Wildman–Crippen MR) is 75.2 cm³/mol. The Bertz CT molecular complexity index is 238. The Hall–Kier alpha value is -0.370. The van der Waals surface area contributed by atoms with E-state index in [4.69, 9.17) is 0 Å². The second-order valence-electron chi connectivity index (χ2n) is 6.78. The summed E-state index contributed by atoms with van der Waals surface area (Å²) in [5.41, 5.74) is -0.232. The van der Waals surface area contributed by atoms with Crippen LogP contribution in [0, 0.1) is 10.8 Å². The maximum absolute atomic E-state index is 12.4. The summed E-state index contributed by atoms with van der Waals surface area (Å²) >= 11 is 0. The molecule has 0 aromatic carbocycles. The molecule has 1 N–H and O–H groups in total. The fraction of sp³-hybridized carbons (Fsp3) is 0.933. The molecule has 17 heavy (non-hydrogen) atoms. The zero-order valence-electron chi connectivity index (χ0n) is 12.8. The van der Waals surface area contributed by atoms with E-state index in [1.165, 1.54) is 19.3 Å². The molecule has 2 nitrogen and oxygen atoms in total. The number of carbonyl (C=O) groups excluding carboxylic acids is 1. The van der Waals surface area contributed by atoms with Crippen molar-refractivity contribution >= 4 is 5.78 Å². The minimum atomic E-state index is -0.268. The van der Waals surface area contributed by atoms with E-state index in [0.29, 0.717) is 5.78 Å². The van der Waals surface area contributed by atoms with E-state index < -0.39 is 0 Å². The van der Waals surface area contributed by atoms with Crippen LogP contribution in [0.1, 0.15) is 67.2 Å². The fourth-order valence-electron chi connectivity index (χ4n) is 2.28. The number of hydrogen-bond acceptors (Lipinski definition) is 2. The van der Waals surface area contributed by atoms with Gasteiger partial charge in [0.25, 0.3) is 0 Å². The van der Waals surface area contributed by atoms with Gasteiger partial charge in [0.15, 0.2) is 5.78 Å². The van der Waals surface area contributed by atoms with Crippen LogP contribution in [0.3, 0.4) is 0 Å². The van der Waals surface area contributed by atoms with Crippen LogP contribution in [0.2, 0.25) is 0 Å². The van der Waals surface area contributed by atoms with Gasteiger partial charge >= 0.3 is 0 Å². The molecule has 1 unspecified atom stereocenters. The molecule has 0 saturated carbocycles. The third-order valence-electron chi connectivity index (χ3n) is 3.50. The summed E-state index contributed by atoms with van der Waals surface area (Å²) in [5.74, 6) is 0.321. The normalized spacial score (nSPS) is 14.8. The molecular weight excluding hydrogens is 210 g/mol. The molecule has 2 heteroatoms. The number of hydrogen-bond donors (Lipinski definition) is 1. The Morgan fingerprint density at radius 1 is 1.12 bits per heavy atom. The van der Waals surface area contributed by atoms with Gasteiger partial charge in [-0.1, -0.05) is 60.8 Å². The van der Waals surface area contributed by atoms with Crippen LogP contribution in [0.5, 0.6) is 0 Å². The topological polar surface area (TPSA) is 29.1 Å². The molecule has 0 aliphatic rings. The van der Waals surface area contributed by atoms with Gasteiger partial charge < -0.3 is 5.32 Å². The van der Waals surface area contributed by atoms with Crippen molar-refractivity contribution in [1.82, 2.24) is 5.32 Å². The molecule has 0 spiro atoms. The van der Waals surface area contributed by atoms with E-state index in [1.54, 1.807) is 0 Å². The molecule has 0 aliphatic carbocycles. The molecule has 102 valence electrons. The number of rotatable bonds is 7. The number of Topliss-reactive ketones (excluding diaryl/α,β-unsaturated/α-hetero) is 1. The average molecular weight is 241 g/mol. The Balaban J connectivity index is 4.68. The van der Waals surface area contributed by atoms with Gasteiger partial charge in [-0.25, -0.2) is 0 Å². The van der Waals surface area contributed by atoms with Crippen LogP contribution in [0.25, 0.3) is 0 Å². The van der Waals surface area contributed by atoms with Crippen molar-refractivity contribution in [1.29, 1.82) is 0 Å². The van der Waals surface area contributed by atoms with E-state index in [9.17, 15) is 4.79 Å². The van der Waals surface area contributed by atoms with E-state index in [2.05, 4.69) is 26.1 Å². The van der Waals surface area contributed by atoms with E-state index >= 15 is 0 Å². The molecule has 0 amide bonds. The smallest absolute Gasteiger partial charge is 0.155 e. The third kappa shape index (κ3) is 5.20. The average Bonchev–Trinajstić information content (AvgIpc) is 2.16. The van der Waals surface area contributed by atoms with Gasteiger partial charge in [-0.2, -0.15) is 0 Å². The van der Waals surface area contributed by atoms with Crippen molar-refractivity contribution in [2.24, 2.45) is 10.8 Å². The SMILES string of the molecule is CCCCCC(C)(C)C(NC)C(=O)C(C)(C)C. The molecule has 0 aromatic rings. The summed E-state index contributed by atoms with van der Waals surface area (Å²) in [7, 11) is 1.90. The van der Waals surface area contributed by atoms with Crippen molar-refractivity contribution in [3.8, 4) is 0 Å². The summed E-state index contributed by atoms with van der Waals surface area (Å²) in [5, 5.41) is 3.23. The minimum absolute atomic E-state index is 0.0360. The first-order valence-electron chi connectivity index (χ1n) is 6.88. The number of unbranched alkanes of at least 4 members (excludes halogenated alkanes) is 2. The summed E-state index contributed by atoms with van der Waals surface area (Å²) in [6, 6.07) is -0.0423. The number of carbonyl (C=O) groups is 1. The van der Waals surface area contributed by atoms with Crippen LogP contribution in [0.4, 0.5) is 0 Å². The van der Waals surface area contributed by atoms with Crippen molar-refractivity contribution in [2.75, 3.05) is 7.05 Å². The van der Waals surface area contributed by atoms with Crippen LogP contribution in [-0.4, -0.2) is 18.9 Å². The molecule has 0 fully saturated rings. The van der Waals surface area contributed by atoms with Gasteiger partial charge in [0, 0.05) is 5.41 Å². The lowest BCUT2D eigenvalue weighted by molar-refractivity contribution is -0.131. The predicted octanol–water partition coefficient (Wildman–Crippen LogP) is 3.80. The van der Waals surface area contributed by atoms with E-state index in [1.807, 2.05) is 27.8 Å². The lowest BCUT2D eigenvalue weighted by Crippen LogP contribution is -2.50. The largest absolute Gasteiger partial charge is 0.310 e. The molecule has 0 aliphatic heterocycles. The molecule has 0 heterocycles. The van der Waals surface area contributed by atoms with E-state index in [-0.39, 0.29) is 16.9 Å². The summed E-state index contributed by atoms with van der Waals surface area (Å²) in [4.78, 5) is 12.4. The van der Waals surface area contributed by atoms with Crippen LogP contribution in [-0.2, 0) is 4.79 Å². The molecule has 0 bridgehead atoms. The highest BCUT2D eigenvalue weighted by Crippen LogP contribution is 2.32. The highest BCUT2D eigenvalue weighted by Gasteiger charge is 2.38. The highest BCUT2D eigenvalue weighted by atomic mass is 16.1. The van der Waals surface area contributed by atoms with Gasteiger partial charge in [-0.15, -0.1) is 0 Å². The zero-order chi connectivity index (χ0) is 13.7. The first-order chi connectivity index (χ1) is 7.66. The lowest BCUT2D eigenvalue weighted by Gasteiger charge is -2.37. The van der Waals surface area contributed by atoms with Gasteiger partial charge in [0.05, 0.1) is 6.04 Å². The Morgan fingerprint density at radius 3 is 2.00 bits per heavy atom. The molecule has 0 rings (SSSR count). The second-order valence-corrected chi connectivity index (χ2v) is 6.78. The first kappa shape index (κ1) is 16.6. The molecule has 0 saturated heterocycles. The van der Waals surface area contributed by atoms with Crippen LogP contribution >= 0.6 is 0 Å². The Labute approximate surface area is 108 Å². The van der Waals surface area contributed by atoms with Crippen LogP contribution < -0.4 is 5.32 Å². The number of ketones is 1. The summed E-state index contributed by atoms with van der Waals surface area (Å²) in [6.07, 6.45) is 4.80. The monoisotopic (exact) mass is 241 g/mol. The Morgan fingerprint density at radius 2 is 1.65 bits per heavy atom. The Kier molecular flexibility index (Phi) is 6.39. The standard InChI is InChI=1S/C15H31NO/c1-8-9-10-11-15(5,6)12(16-7)13(17)14(2,3)4/h12,16H,8-11H2,1-7H3. The number of likely N-dealkylation sites (N-methyl/N-ethyl adjacent to an activating group) is 1. The van der Waals surface area contributed by atoms with Crippen molar-refractivity contribution in [2.45, 2.75) is 73.3 Å². The molecule has 0 radical (unpaired) electrons. The van der Waals surface area contributed by atoms with Crippen LogP contribution in [0.15, 0.2) is 0 Å². The van der Waals surface area contributed by atoms with Crippen molar-refractivity contribution in [3.05, 3.63) is 0 Å². The first-order valence-corrected chi connectivity index (χ1v) is 6.88. The maximum Gasteiger partial charge on any atom is 0.155 e. The van der Waals surface area contributed by atoms with E-state index in [0.717, 1.165) is 6.42 Å². The van der Waals surface area contributed by atoms with Crippen molar-refractivity contribution < 1.29 is 4.79 Å². The second kappa shape index (κ2) is 6.53. The lowest BCUT2D eigenvalue weighted by atomic mass is 9.72. The summed E-state index contributed by atoms with van der Waals surface area (Å²) < 4.78 is 0. The third-order valence-corrected chi connectivity index (χ3v) is 3.50. The highest BCUT2D eigenvalue weighted by molar-refractivity contribution is 5.89. The molecule has 0 aromatic heterocycles. The quantitative estimate of drug-likeness (QED) is 0.687. The van der Waals surface area contributed by atoms with Gasteiger partial charge in [0.2, 0.25) is 0 Å².